The van der Waals surface area contributed by atoms with Crippen LogP contribution >= 0.6 is 0 Å². The molecular formula is C19H27FN2O3. The average Bonchev–Trinajstić information content (AvgIpc) is 2.59. The van der Waals surface area contributed by atoms with Crippen LogP contribution in [0.25, 0.3) is 0 Å². The van der Waals surface area contributed by atoms with Gasteiger partial charge in [0, 0.05) is 38.4 Å². The lowest BCUT2D eigenvalue weighted by Gasteiger charge is -2.45. The van der Waals surface area contributed by atoms with Crippen LogP contribution in [0.1, 0.15) is 38.2 Å². The van der Waals surface area contributed by atoms with Crippen LogP contribution in [0.4, 0.5) is 14.9 Å². The lowest BCUT2D eigenvalue weighted by atomic mass is 9.83. The summed E-state index contributed by atoms with van der Waals surface area (Å²) < 4.78 is 25.5. The number of ether oxygens (including phenoxy) is 2. The van der Waals surface area contributed by atoms with Gasteiger partial charge in [-0.1, -0.05) is 6.07 Å². The molecule has 2 saturated heterocycles. The molecule has 3 rings (SSSR count). The third-order valence-electron chi connectivity index (χ3n) is 5.24. The SMILES string of the molecule is CCOC1CCOC2(CCN(C(=O)Nc3ccc(C)c(F)c3)CC2)C1. The van der Waals surface area contributed by atoms with Crippen molar-refractivity contribution in [3.63, 3.8) is 0 Å². The molecule has 1 unspecified atom stereocenters. The van der Waals surface area contributed by atoms with Crippen molar-refractivity contribution < 1.29 is 18.7 Å². The number of amides is 2. The summed E-state index contributed by atoms with van der Waals surface area (Å²) in [5, 5.41) is 2.78. The van der Waals surface area contributed by atoms with Crippen molar-refractivity contribution in [1.29, 1.82) is 0 Å². The first-order chi connectivity index (χ1) is 12.0. The van der Waals surface area contributed by atoms with E-state index in [1.807, 2.05) is 6.92 Å². The molecule has 5 nitrogen and oxygen atoms in total. The third-order valence-corrected chi connectivity index (χ3v) is 5.24. The number of rotatable bonds is 3. The second-order valence-corrected chi connectivity index (χ2v) is 6.98. The van der Waals surface area contributed by atoms with Gasteiger partial charge in [-0.2, -0.15) is 0 Å². The minimum atomic E-state index is -0.312. The molecule has 2 heterocycles. The predicted molar refractivity (Wildman–Crippen MR) is 94.3 cm³/mol. The maximum absolute atomic E-state index is 13.6. The minimum absolute atomic E-state index is 0.162. The van der Waals surface area contributed by atoms with Gasteiger partial charge in [0.15, 0.2) is 0 Å². The summed E-state index contributed by atoms with van der Waals surface area (Å²) in [5.41, 5.74) is 0.889. The number of aryl methyl sites for hydroxylation is 1. The normalized spacial score (nSPS) is 22.8. The second-order valence-electron chi connectivity index (χ2n) is 6.98. The Balaban J connectivity index is 1.54. The summed E-state index contributed by atoms with van der Waals surface area (Å²) in [4.78, 5) is 14.2. The number of likely N-dealkylation sites (tertiary alicyclic amines) is 1. The summed E-state index contributed by atoms with van der Waals surface area (Å²) in [5.74, 6) is -0.312. The molecule has 0 saturated carbocycles. The van der Waals surface area contributed by atoms with Gasteiger partial charge in [-0.25, -0.2) is 9.18 Å². The molecule has 0 aromatic heterocycles. The molecule has 2 amide bonds. The molecule has 1 atom stereocenters. The number of benzene rings is 1. The molecule has 2 fully saturated rings. The maximum Gasteiger partial charge on any atom is 0.321 e. The first-order valence-electron chi connectivity index (χ1n) is 9.09. The Hall–Kier alpha value is -1.66. The quantitative estimate of drug-likeness (QED) is 0.904. The van der Waals surface area contributed by atoms with Gasteiger partial charge in [0.2, 0.25) is 0 Å². The number of hydrogen-bond acceptors (Lipinski definition) is 3. The van der Waals surface area contributed by atoms with E-state index in [0.29, 0.717) is 24.3 Å². The number of urea groups is 1. The largest absolute Gasteiger partial charge is 0.378 e. The fourth-order valence-electron chi connectivity index (χ4n) is 3.70. The Bertz CT molecular complexity index is 613. The standard InChI is InChI=1S/C19H27FN2O3/c1-3-24-16-6-11-25-19(13-16)7-9-22(10-8-19)18(23)21-15-5-4-14(2)17(20)12-15/h4-5,12,16H,3,6-11,13H2,1-2H3,(H,21,23). The van der Waals surface area contributed by atoms with Gasteiger partial charge in [0.25, 0.3) is 0 Å². The predicted octanol–water partition coefficient (Wildman–Crippen LogP) is 3.72. The van der Waals surface area contributed by atoms with E-state index in [-0.39, 0.29) is 23.6 Å². The molecule has 0 aliphatic carbocycles. The van der Waals surface area contributed by atoms with Crippen LogP contribution in [0.15, 0.2) is 18.2 Å². The lowest BCUT2D eigenvalue weighted by Crippen LogP contribution is -2.52. The maximum atomic E-state index is 13.6. The zero-order valence-corrected chi connectivity index (χ0v) is 15.0. The number of nitrogens with zero attached hydrogens (tertiary/aromatic N) is 1. The third kappa shape index (κ3) is 4.30. The van der Waals surface area contributed by atoms with E-state index in [4.69, 9.17) is 9.47 Å². The molecule has 1 aromatic rings. The van der Waals surface area contributed by atoms with Gasteiger partial charge in [-0.15, -0.1) is 0 Å². The summed E-state index contributed by atoms with van der Waals surface area (Å²) in [6.45, 7) is 6.44. The van der Waals surface area contributed by atoms with E-state index in [9.17, 15) is 9.18 Å². The molecule has 2 aliphatic heterocycles. The van der Waals surface area contributed by atoms with E-state index in [2.05, 4.69) is 5.32 Å². The van der Waals surface area contributed by atoms with E-state index >= 15 is 0 Å². The number of hydrogen-bond donors (Lipinski definition) is 1. The van der Waals surface area contributed by atoms with Crippen LogP contribution in [0.2, 0.25) is 0 Å². The first-order valence-corrected chi connectivity index (χ1v) is 9.09. The monoisotopic (exact) mass is 350 g/mol. The Morgan fingerprint density at radius 1 is 1.44 bits per heavy atom. The van der Waals surface area contributed by atoms with E-state index in [1.165, 1.54) is 6.07 Å². The van der Waals surface area contributed by atoms with E-state index in [0.717, 1.165) is 38.9 Å². The van der Waals surface area contributed by atoms with Gasteiger partial charge < -0.3 is 19.7 Å². The highest BCUT2D eigenvalue weighted by Crippen LogP contribution is 2.36. The number of anilines is 1. The molecule has 138 valence electrons. The topological polar surface area (TPSA) is 50.8 Å². The molecule has 1 spiro atoms. The Morgan fingerprint density at radius 3 is 2.88 bits per heavy atom. The Kier molecular flexibility index (Phi) is 5.59. The number of carbonyl (C=O) groups excluding carboxylic acids is 1. The number of nitrogens with one attached hydrogen (secondary N) is 1. The average molecular weight is 350 g/mol. The van der Waals surface area contributed by atoms with Crippen molar-refractivity contribution in [2.75, 3.05) is 31.6 Å². The zero-order valence-electron chi connectivity index (χ0n) is 15.0. The minimum Gasteiger partial charge on any atom is -0.378 e. The summed E-state index contributed by atoms with van der Waals surface area (Å²) in [6, 6.07) is 4.56. The zero-order chi connectivity index (χ0) is 17.9. The molecule has 1 aromatic carbocycles. The molecule has 0 bridgehead atoms. The van der Waals surface area contributed by atoms with Gasteiger partial charge in [0.1, 0.15) is 5.82 Å². The first kappa shape index (κ1) is 18.1. The van der Waals surface area contributed by atoms with Crippen LogP contribution in [0.3, 0.4) is 0 Å². The van der Waals surface area contributed by atoms with Crippen molar-refractivity contribution in [2.45, 2.75) is 51.2 Å². The van der Waals surface area contributed by atoms with Gasteiger partial charge >= 0.3 is 6.03 Å². The van der Waals surface area contributed by atoms with Crippen LogP contribution < -0.4 is 5.32 Å². The highest BCUT2D eigenvalue weighted by atomic mass is 19.1. The molecule has 0 radical (unpaired) electrons. The van der Waals surface area contributed by atoms with Crippen LogP contribution in [0.5, 0.6) is 0 Å². The van der Waals surface area contributed by atoms with Crippen molar-refractivity contribution in [3.05, 3.63) is 29.6 Å². The van der Waals surface area contributed by atoms with Crippen molar-refractivity contribution >= 4 is 11.7 Å². The van der Waals surface area contributed by atoms with Crippen LogP contribution in [0, 0.1) is 12.7 Å². The summed E-state index contributed by atoms with van der Waals surface area (Å²) in [7, 11) is 0. The van der Waals surface area contributed by atoms with Crippen LogP contribution in [-0.4, -0.2) is 48.9 Å². The fourth-order valence-corrected chi connectivity index (χ4v) is 3.70. The van der Waals surface area contributed by atoms with Crippen molar-refractivity contribution in [3.8, 4) is 0 Å². The molecular weight excluding hydrogens is 323 g/mol. The highest BCUT2D eigenvalue weighted by molar-refractivity contribution is 5.89. The summed E-state index contributed by atoms with van der Waals surface area (Å²) >= 11 is 0. The summed E-state index contributed by atoms with van der Waals surface area (Å²) in [6.07, 6.45) is 3.73. The fraction of sp³-hybridized carbons (Fsp3) is 0.632. The molecule has 2 aliphatic rings. The van der Waals surface area contributed by atoms with Gasteiger partial charge in [0.05, 0.1) is 11.7 Å². The second kappa shape index (κ2) is 7.70. The number of piperidine rings is 1. The molecule has 25 heavy (non-hydrogen) atoms. The number of halogens is 1. The highest BCUT2D eigenvalue weighted by Gasteiger charge is 2.41. The van der Waals surface area contributed by atoms with Crippen LogP contribution in [-0.2, 0) is 9.47 Å². The Morgan fingerprint density at radius 2 is 2.20 bits per heavy atom. The van der Waals surface area contributed by atoms with E-state index in [1.54, 1.807) is 24.0 Å². The van der Waals surface area contributed by atoms with Crippen molar-refractivity contribution in [1.82, 2.24) is 4.90 Å². The van der Waals surface area contributed by atoms with Crippen molar-refractivity contribution in [2.24, 2.45) is 0 Å². The molecule has 1 N–H and O–H groups in total. The van der Waals surface area contributed by atoms with Gasteiger partial charge in [-0.05, 0) is 50.8 Å². The van der Waals surface area contributed by atoms with Gasteiger partial charge in [-0.3, -0.25) is 0 Å². The Labute approximate surface area is 148 Å². The lowest BCUT2D eigenvalue weighted by molar-refractivity contribution is -0.150. The number of carbonyl (C=O) groups is 1. The molecule has 6 heteroatoms. The van der Waals surface area contributed by atoms with E-state index < -0.39 is 0 Å². The smallest absolute Gasteiger partial charge is 0.321 e.